The average molecular weight is 253 g/mol. The number of halogens is 4. The molecule has 0 aromatic rings. The summed E-state index contributed by atoms with van der Waals surface area (Å²) in [7, 11) is 6.16. The summed E-state index contributed by atoms with van der Waals surface area (Å²) in [4.78, 5) is 0. The molecule has 0 amide bonds. The average Bonchev–Trinajstić information content (AvgIpc) is 1.54. The Kier molecular flexibility index (Phi) is 7.07. The van der Waals surface area contributed by atoms with E-state index in [1.165, 1.54) is 15.9 Å². The highest BCUT2D eigenvalue weighted by Gasteiger charge is 2.19. The summed E-state index contributed by atoms with van der Waals surface area (Å²) in [5, 5.41) is 4.20. The molecule has 2 nitrogen and oxygen atoms in total. The largest absolute Gasteiger partial charge is 0.448 e. The van der Waals surface area contributed by atoms with Gasteiger partial charge in [-0.1, -0.05) is 0 Å². The highest BCUT2D eigenvalue weighted by Crippen LogP contribution is 2.21. The Hall–Kier alpha value is 0.190. The van der Waals surface area contributed by atoms with Gasteiger partial charge in [0, 0.05) is 15.9 Å². The van der Waals surface area contributed by atoms with Gasteiger partial charge in [-0.25, -0.2) is 0 Å². The molecule has 0 atom stereocenters. The summed E-state index contributed by atoms with van der Waals surface area (Å²) in [6.45, 7) is 1.11. The molecule has 0 saturated carbocycles. The minimum atomic E-state index is -4.19. The van der Waals surface area contributed by atoms with Gasteiger partial charge in [-0.15, -0.1) is 0 Å². The Bertz CT molecular complexity index is 104. The SMILES string of the molecule is C[N+](C)(C)CCO.FC(F)(F)Br. The normalized spacial score (nSPS) is 12.0. The summed E-state index contributed by atoms with van der Waals surface area (Å²) in [5.74, 6) is 0. The van der Waals surface area contributed by atoms with Crippen LogP contribution in [-0.2, 0) is 0 Å². The second-order valence-electron chi connectivity index (χ2n) is 3.17. The first-order valence-corrected chi connectivity index (χ1v) is 4.02. The standard InChI is InChI=1S/C5H14NO.CBrF3/c1-6(2,3)4-5-7;2-1(3,4)5/h7H,4-5H2,1-3H3;/q+1;. The first-order valence-electron chi connectivity index (χ1n) is 3.23. The Morgan fingerprint density at radius 3 is 1.50 bits per heavy atom. The Morgan fingerprint density at radius 1 is 1.25 bits per heavy atom. The van der Waals surface area contributed by atoms with Gasteiger partial charge < -0.3 is 9.59 Å². The van der Waals surface area contributed by atoms with E-state index in [0.717, 1.165) is 11.0 Å². The molecule has 0 aliphatic rings. The second kappa shape index (κ2) is 5.77. The van der Waals surface area contributed by atoms with Crippen LogP contribution in [0.1, 0.15) is 0 Å². The summed E-state index contributed by atoms with van der Waals surface area (Å²) in [5.41, 5.74) is 0. The number of aliphatic hydroxyl groups excluding tert-OH is 1. The molecule has 0 bridgehead atoms. The maximum Gasteiger partial charge on any atom is 0.448 e. The van der Waals surface area contributed by atoms with Gasteiger partial charge >= 0.3 is 5.09 Å². The number of aliphatic hydroxyl groups is 1. The van der Waals surface area contributed by atoms with Crippen molar-refractivity contribution in [1.82, 2.24) is 0 Å². The zero-order valence-corrected chi connectivity index (χ0v) is 8.91. The van der Waals surface area contributed by atoms with Gasteiger partial charge in [0.2, 0.25) is 0 Å². The molecular formula is C6H14BrF3NO+. The maximum atomic E-state index is 10.3. The Labute approximate surface area is 78.7 Å². The lowest BCUT2D eigenvalue weighted by Gasteiger charge is -2.21. The third-order valence-corrected chi connectivity index (χ3v) is 0.771. The molecule has 0 aliphatic heterocycles. The fourth-order valence-corrected chi connectivity index (χ4v) is 0.300. The molecule has 0 aliphatic carbocycles. The van der Waals surface area contributed by atoms with E-state index < -0.39 is 5.09 Å². The fourth-order valence-electron chi connectivity index (χ4n) is 0.300. The van der Waals surface area contributed by atoms with Crippen LogP contribution in [0.15, 0.2) is 0 Å². The molecule has 0 spiro atoms. The van der Waals surface area contributed by atoms with Crippen LogP contribution >= 0.6 is 15.9 Å². The van der Waals surface area contributed by atoms with Gasteiger partial charge in [0.05, 0.1) is 27.7 Å². The smallest absolute Gasteiger partial charge is 0.391 e. The van der Waals surface area contributed by atoms with Crippen molar-refractivity contribution in [2.24, 2.45) is 0 Å². The zero-order chi connectivity index (χ0) is 10.4. The molecule has 0 aromatic carbocycles. The molecule has 12 heavy (non-hydrogen) atoms. The van der Waals surface area contributed by atoms with Crippen molar-refractivity contribution in [2.45, 2.75) is 5.09 Å². The lowest BCUT2D eigenvalue weighted by Crippen LogP contribution is -2.36. The lowest BCUT2D eigenvalue weighted by atomic mass is 10.5. The first kappa shape index (κ1) is 14.7. The van der Waals surface area contributed by atoms with Gasteiger partial charge in [0.15, 0.2) is 0 Å². The van der Waals surface area contributed by atoms with E-state index in [0.29, 0.717) is 0 Å². The van der Waals surface area contributed by atoms with Crippen LogP contribution in [0.5, 0.6) is 0 Å². The van der Waals surface area contributed by atoms with Crippen molar-refractivity contribution < 1.29 is 22.8 Å². The quantitative estimate of drug-likeness (QED) is 0.585. The van der Waals surface area contributed by atoms with Gasteiger partial charge in [-0.05, 0) is 0 Å². The Balaban J connectivity index is 0. The molecule has 0 rings (SSSR count). The van der Waals surface area contributed by atoms with Gasteiger partial charge in [0.1, 0.15) is 6.54 Å². The summed E-state index contributed by atoms with van der Waals surface area (Å²) in [6.07, 6.45) is 0. The van der Waals surface area contributed by atoms with E-state index >= 15 is 0 Å². The monoisotopic (exact) mass is 252 g/mol. The summed E-state index contributed by atoms with van der Waals surface area (Å²) >= 11 is 1.38. The van der Waals surface area contributed by atoms with E-state index in [-0.39, 0.29) is 6.61 Å². The van der Waals surface area contributed by atoms with Crippen LogP contribution in [0.25, 0.3) is 0 Å². The van der Waals surface area contributed by atoms with Crippen LogP contribution in [0.3, 0.4) is 0 Å². The molecule has 0 aromatic heterocycles. The van der Waals surface area contributed by atoms with Crippen molar-refractivity contribution in [2.75, 3.05) is 34.3 Å². The fraction of sp³-hybridized carbons (Fsp3) is 1.00. The van der Waals surface area contributed by atoms with Crippen molar-refractivity contribution in [3.63, 3.8) is 0 Å². The second-order valence-corrected chi connectivity index (χ2v) is 4.07. The minimum absolute atomic E-state index is 0.281. The van der Waals surface area contributed by atoms with E-state index in [4.69, 9.17) is 5.11 Å². The van der Waals surface area contributed by atoms with Crippen LogP contribution in [0.2, 0.25) is 0 Å². The molecule has 0 radical (unpaired) electrons. The number of hydrogen-bond acceptors (Lipinski definition) is 1. The maximum absolute atomic E-state index is 10.3. The third kappa shape index (κ3) is 49.0. The van der Waals surface area contributed by atoms with Crippen molar-refractivity contribution >= 4 is 15.9 Å². The number of likely N-dealkylation sites (N-methyl/N-ethyl adjacent to an activating group) is 1. The zero-order valence-electron chi connectivity index (χ0n) is 7.32. The molecule has 0 heterocycles. The van der Waals surface area contributed by atoms with Crippen LogP contribution in [0.4, 0.5) is 13.2 Å². The minimum Gasteiger partial charge on any atom is -0.391 e. The number of rotatable bonds is 2. The molecule has 0 unspecified atom stereocenters. The topological polar surface area (TPSA) is 20.2 Å². The van der Waals surface area contributed by atoms with E-state index in [2.05, 4.69) is 21.1 Å². The van der Waals surface area contributed by atoms with E-state index in [1.807, 2.05) is 0 Å². The predicted molar refractivity (Wildman–Crippen MR) is 45.0 cm³/mol. The van der Waals surface area contributed by atoms with Gasteiger partial charge in [0.25, 0.3) is 0 Å². The van der Waals surface area contributed by atoms with Crippen LogP contribution < -0.4 is 0 Å². The van der Waals surface area contributed by atoms with Crippen molar-refractivity contribution in [1.29, 1.82) is 0 Å². The number of alkyl halides is 4. The molecule has 0 saturated heterocycles. The van der Waals surface area contributed by atoms with E-state index in [9.17, 15) is 13.2 Å². The van der Waals surface area contributed by atoms with Crippen molar-refractivity contribution in [3.8, 4) is 0 Å². The molecule has 1 N–H and O–H groups in total. The number of nitrogens with zero attached hydrogens (tertiary/aromatic N) is 1. The lowest BCUT2D eigenvalue weighted by molar-refractivity contribution is -0.870. The molecule has 76 valence electrons. The molecular weight excluding hydrogens is 239 g/mol. The van der Waals surface area contributed by atoms with Crippen LogP contribution in [-0.4, -0.2) is 49.0 Å². The number of quaternary nitrogens is 1. The van der Waals surface area contributed by atoms with Gasteiger partial charge in [-0.2, -0.15) is 13.2 Å². The number of hydrogen-bond donors (Lipinski definition) is 1. The highest BCUT2D eigenvalue weighted by atomic mass is 79.9. The summed E-state index contributed by atoms with van der Waals surface area (Å²) < 4.78 is 31.7. The van der Waals surface area contributed by atoms with Gasteiger partial charge in [-0.3, -0.25) is 0 Å². The molecule has 6 heteroatoms. The molecule has 0 fully saturated rings. The van der Waals surface area contributed by atoms with E-state index in [1.54, 1.807) is 0 Å². The first-order chi connectivity index (χ1) is 5.06. The third-order valence-electron chi connectivity index (χ3n) is 0.771. The van der Waals surface area contributed by atoms with Crippen molar-refractivity contribution in [3.05, 3.63) is 0 Å². The van der Waals surface area contributed by atoms with Crippen LogP contribution in [0, 0.1) is 0 Å². The summed E-state index contributed by atoms with van der Waals surface area (Å²) in [6, 6.07) is 0. The highest BCUT2D eigenvalue weighted by molar-refractivity contribution is 9.09. The predicted octanol–water partition coefficient (Wildman–Crippen LogP) is 1.59. The Morgan fingerprint density at radius 2 is 1.50 bits per heavy atom.